The van der Waals surface area contributed by atoms with Crippen molar-refractivity contribution in [3.05, 3.63) is 146 Å². The second-order valence-electron chi connectivity index (χ2n) is 24.3. The zero-order chi connectivity index (χ0) is 70.9. The largest absolute Gasteiger partial charge is 0.472 e. The van der Waals surface area contributed by atoms with Gasteiger partial charge in [-0.3, -0.25) is 32.5 Å². The summed E-state index contributed by atoms with van der Waals surface area (Å²) >= 11 is 0. The van der Waals surface area contributed by atoms with E-state index in [-0.39, 0.29) is 19.3 Å². The van der Waals surface area contributed by atoms with Crippen LogP contribution >= 0.6 is 15.6 Å². The highest BCUT2D eigenvalue weighted by atomic mass is 31.2. The summed E-state index contributed by atoms with van der Waals surface area (Å²) in [6.45, 7) is 2.39. The van der Waals surface area contributed by atoms with Gasteiger partial charge in [0.05, 0.1) is 26.4 Å². The normalized spacial score (nSPS) is 14.9. The summed E-state index contributed by atoms with van der Waals surface area (Å²) in [5.74, 6) is -1.61. The molecule has 0 radical (unpaired) electrons. The van der Waals surface area contributed by atoms with Crippen molar-refractivity contribution in [2.75, 3.05) is 39.6 Å². The van der Waals surface area contributed by atoms with E-state index in [0.29, 0.717) is 19.3 Å². The monoisotopic (exact) mass is 1400 g/mol. The summed E-state index contributed by atoms with van der Waals surface area (Å²) in [7, 11) is -9.79. The van der Waals surface area contributed by atoms with Crippen molar-refractivity contribution in [2.45, 2.75) is 296 Å². The van der Waals surface area contributed by atoms with Gasteiger partial charge in [0, 0.05) is 19.3 Å². The quantitative estimate of drug-likeness (QED) is 0.0146. The smallest absolute Gasteiger partial charge is 0.463 e. The molecule has 97 heavy (non-hydrogen) atoms. The van der Waals surface area contributed by atoms with Crippen molar-refractivity contribution in [3.8, 4) is 0 Å². The van der Waals surface area contributed by atoms with Crippen LogP contribution in [0.5, 0.6) is 0 Å². The van der Waals surface area contributed by atoms with Crippen LogP contribution in [0.25, 0.3) is 0 Å². The molecule has 0 aromatic heterocycles. The van der Waals surface area contributed by atoms with Crippen molar-refractivity contribution < 1.29 is 75.8 Å². The predicted molar refractivity (Wildman–Crippen MR) is 399 cm³/mol. The number of carbonyl (C=O) groups is 3. The minimum absolute atomic E-state index is 0.0969. The lowest BCUT2D eigenvalue weighted by molar-refractivity contribution is -0.161. The van der Waals surface area contributed by atoms with Gasteiger partial charge < -0.3 is 34.2 Å². The van der Waals surface area contributed by atoms with Crippen LogP contribution in [0, 0.1) is 0 Å². The van der Waals surface area contributed by atoms with E-state index in [1.807, 2.05) is 0 Å². The van der Waals surface area contributed by atoms with E-state index in [0.717, 1.165) is 161 Å². The number of ether oxygens (including phenoxy) is 3. The van der Waals surface area contributed by atoms with Crippen molar-refractivity contribution in [1.29, 1.82) is 0 Å². The zero-order valence-electron chi connectivity index (χ0n) is 60.2. The van der Waals surface area contributed by atoms with Crippen LogP contribution in [0.4, 0.5) is 0 Å². The van der Waals surface area contributed by atoms with E-state index in [1.54, 1.807) is 0 Å². The maximum atomic E-state index is 12.9. The van der Waals surface area contributed by atoms with Crippen LogP contribution in [-0.2, 0) is 55.8 Å². The highest BCUT2D eigenvalue weighted by molar-refractivity contribution is 7.47. The Morgan fingerprint density at radius 2 is 0.546 bits per heavy atom. The second kappa shape index (κ2) is 71.3. The van der Waals surface area contributed by atoms with Gasteiger partial charge >= 0.3 is 33.6 Å². The van der Waals surface area contributed by atoms with Crippen LogP contribution < -0.4 is 0 Å². The summed E-state index contributed by atoms with van der Waals surface area (Å²) in [5, 5.41) is 20.6. The van der Waals surface area contributed by atoms with Crippen molar-refractivity contribution in [1.82, 2.24) is 0 Å². The molecule has 0 saturated heterocycles. The molecule has 0 bridgehead atoms. The SMILES string of the molecule is CC/C=C\C/C=C\C/C=C\C/C=C\C/C=C\C/C=C\CCCCCCCCCCC(=O)OCC(O)COP(=O)(O)OCC(O)COP(=O)(O)OCC(COC(=O)CCCCCC/C=C\C/C=C\C/C=C\C/C=C\C/C=C\C/C=C\CC)OC(=O)CCCCCCCCCCCCC. The van der Waals surface area contributed by atoms with E-state index in [2.05, 4.69) is 167 Å². The Kier molecular flexibility index (Phi) is 67.9. The molecule has 554 valence electrons. The average molecular weight is 1400 g/mol. The molecule has 0 aliphatic rings. The molecule has 18 heteroatoms. The van der Waals surface area contributed by atoms with Crippen LogP contribution in [0.2, 0.25) is 0 Å². The molecule has 0 aromatic carbocycles. The minimum Gasteiger partial charge on any atom is -0.463 e. The minimum atomic E-state index is -4.93. The van der Waals surface area contributed by atoms with E-state index in [4.69, 9.17) is 32.3 Å². The van der Waals surface area contributed by atoms with Gasteiger partial charge in [-0.25, -0.2) is 9.13 Å². The van der Waals surface area contributed by atoms with Gasteiger partial charge in [0.15, 0.2) is 6.10 Å². The van der Waals surface area contributed by atoms with E-state index < -0.39 is 91.5 Å². The molecule has 5 atom stereocenters. The first-order valence-corrected chi connectivity index (χ1v) is 40.1. The van der Waals surface area contributed by atoms with Gasteiger partial charge in [-0.05, 0) is 122 Å². The molecule has 0 fully saturated rings. The molecule has 0 aliphatic heterocycles. The van der Waals surface area contributed by atoms with Gasteiger partial charge in [0.1, 0.15) is 25.4 Å². The lowest BCUT2D eigenvalue weighted by Crippen LogP contribution is -2.30. The molecule has 16 nitrogen and oxygen atoms in total. The number of hydrogen-bond acceptors (Lipinski definition) is 14. The summed E-state index contributed by atoms with van der Waals surface area (Å²) in [4.78, 5) is 58.5. The highest BCUT2D eigenvalue weighted by Crippen LogP contribution is 2.45. The van der Waals surface area contributed by atoms with E-state index in [9.17, 15) is 43.5 Å². The first kappa shape index (κ1) is 92.4. The van der Waals surface area contributed by atoms with Crippen molar-refractivity contribution >= 4 is 33.6 Å². The Balaban J connectivity index is 4.55. The van der Waals surface area contributed by atoms with E-state index >= 15 is 0 Å². The van der Waals surface area contributed by atoms with Crippen molar-refractivity contribution in [3.63, 3.8) is 0 Å². The Hall–Kier alpha value is -4.57. The third kappa shape index (κ3) is 72.5. The fourth-order valence-electron chi connectivity index (χ4n) is 9.46. The van der Waals surface area contributed by atoms with Crippen LogP contribution in [-0.4, -0.2) is 95.9 Å². The molecule has 0 saturated carbocycles. The highest BCUT2D eigenvalue weighted by Gasteiger charge is 2.29. The first-order chi connectivity index (χ1) is 47.2. The number of hydrogen-bond donors (Lipinski definition) is 4. The molecule has 0 aromatic rings. The molecular formula is C79H132O16P2. The van der Waals surface area contributed by atoms with Gasteiger partial charge in [-0.15, -0.1) is 0 Å². The zero-order valence-corrected chi connectivity index (χ0v) is 62.0. The molecular weight excluding hydrogens is 1270 g/mol. The fourth-order valence-corrected chi connectivity index (χ4v) is 11.0. The number of esters is 3. The number of phosphoric ester groups is 2. The maximum absolute atomic E-state index is 12.9. The average Bonchev–Trinajstić information content (AvgIpc) is 1.56. The topological polar surface area (TPSA) is 231 Å². The van der Waals surface area contributed by atoms with Gasteiger partial charge in [0.2, 0.25) is 0 Å². The number of rotatable bonds is 69. The summed E-state index contributed by atoms with van der Waals surface area (Å²) in [6, 6.07) is 0. The molecule has 0 aliphatic carbocycles. The first-order valence-electron chi connectivity index (χ1n) is 37.1. The molecule has 4 N–H and O–H groups in total. The van der Waals surface area contributed by atoms with Crippen LogP contribution in [0.1, 0.15) is 278 Å². The van der Waals surface area contributed by atoms with Gasteiger partial charge in [-0.1, -0.05) is 282 Å². The summed E-state index contributed by atoms with van der Waals surface area (Å²) in [5.41, 5.74) is 0. The fraction of sp³-hybridized carbons (Fsp3) is 0.658. The molecule has 0 amide bonds. The number of unbranched alkanes of at least 4 members (excludes halogenated alkanes) is 22. The lowest BCUT2D eigenvalue weighted by Gasteiger charge is -2.21. The predicted octanol–water partition coefficient (Wildman–Crippen LogP) is 21.3. The number of aliphatic hydroxyl groups is 2. The van der Waals surface area contributed by atoms with Crippen molar-refractivity contribution in [2.24, 2.45) is 0 Å². The standard InChI is InChI=1S/C79H132O16P2/c1-4-7-10-13-16-19-22-24-26-28-30-32-34-35-36-37-39-41-42-44-46-48-51-53-56-59-62-65-77(82)89-68-74(80)69-91-96(85,86)92-70-75(81)71-93-97(87,88)94-73-76(95-79(84)67-64-61-58-55-50-21-18-15-12-9-6-3)72-90-78(83)66-63-60-57-54-52-49-47-45-43-40-38-33-31-29-27-25-23-20-17-14-11-8-5-2/h7-8,10-11,16-17,19-20,24-27,30-33,35-36,39-41,43,47,49,74-76,80-81H,4-6,9,12-15,18,21-23,28-29,34,37-38,42,44-46,48,50-73H2,1-3H3,(H,85,86)(H,87,88)/b10-7-,11-8-,19-16-,20-17-,26-24-,27-25-,32-30-,33-31-,36-35-,41-39-,43-40-,49-47-. The Morgan fingerprint density at radius 1 is 0.299 bits per heavy atom. The number of aliphatic hydroxyl groups excluding tert-OH is 2. The Bertz CT molecular complexity index is 2350. The Labute approximate surface area is 587 Å². The number of allylic oxidation sites excluding steroid dienone is 24. The number of carbonyl (C=O) groups excluding carboxylic acids is 3. The third-order valence-corrected chi connectivity index (χ3v) is 17.0. The van der Waals surface area contributed by atoms with Crippen LogP contribution in [0.15, 0.2) is 146 Å². The molecule has 5 unspecified atom stereocenters. The van der Waals surface area contributed by atoms with Crippen LogP contribution in [0.3, 0.4) is 0 Å². The summed E-state index contributed by atoms with van der Waals surface area (Å²) in [6.07, 6.45) is 86.2. The molecule has 0 rings (SSSR count). The summed E-state index contributed by atoms with van der Waals surface area (Å²) < 4.78 is 60.9. The third-order valence-electron chi connectivity index (χ3n) is 15.1. The molecule has 0 heterocycles. The van der Waals surface area contributed by atoms with E-state index in [1.165, 1.54) is 57.8 Å². The van der Waals surface area contributed by atoms with Gasteiger partial charge in [0.25, 0.3) is 0 Å². The second-order valence-corrected chi connectivity index (χ2v) is 27.2. The van der Waals surface area contributed by atoms with Gasteiger partial charge in [-0.2, -0.15) is 0 Å². The lowest BCUT2D eigenvalue weighted by atomic mass is 10.1. The number of phosphoric acid groups is 2. The maximum Gasteiger partial charge on any atom is 0.472 e. The molecule has 0 spiro atoms. The Morgan fingerprint density at radius 3 is 0.866 bits per heavy atom.